The summed E-state index contributed by atoms with van der Waals surface area (Å²) in [5, 5.41) is 14.7. The molecule has 3 rings (SSSR count). The summed E-state index contributed by atoms with van der Waals surface area (Å²) in [5.41, 5.74) is 1.82. The molecule has 0 radical (unpaired) electrons. The first kappa shape index (κ1) is 13.4. The van der Waals surface area contributed by atoms with Crippen molar-refractivity contribution in [2.75, 3.05) is 0 Å². The van der Waals surface area contributed by atoms with E-state index in [2.05, 4.69) is 16.4 Å². The van der Waals surface area contributed by atoms with E-state index in [4.69, 9.17) is 11.6 Å². The number of benzene rings is 2. The van der Waals surface area contributed by atoms with Crippen LogP contribution in [0.4, 0.5) is 0 Å². The van der Waals surface area contributed by atoms with Gasteiger partial charge in [-0.15, -0.1) is 11.3 Å². The Balaban J connectivity index is 1.66. The van der Waals surface area contributed by atoms with Crippen LogP contribution in [0, 0.1) is 0 Å². The van der Waals surface area contributed by atoms with E-state index in [0.717, 1.165) is 16.1 Å². The third kappa shape index (κ3) is 2.93. The monoisotopic (exact) mass is 304 g/mol. The Morgan fingerprint density at radius 1 is 1.15 bits per heavy atom. The van der Waals surface area contributed by atoms with E-state index >= 15 is 0 Å². The predicted molar refractivity (Wildman–Crippen MR) is 83.3 cm³/mol. The fraction of sp³-hybridized carbons (Fsp3) is 0.133. The van der Waals surface area contributed by atoms with E-state index < -0.39 is 0 Å². The van der Waals surface area contributed by atoms with Crippen molar-refractivity contribution >= 4 is 33.2 Å². The van der Waals surface area contributed by atoms with Crippen molar-refractivity contribution < 1.29 is 5.11 Å². The number of thiazole rings is 1. The van der Waals surface area contributed by atoms with Gasteiger partial charge in [0.2, 0.25) is 0 Å². The van der Waals surface area contributed by atoms with E-state index in [1.165, 1.54) is 4.70 Å². The molecule has 1 heterocycles. The molecule has 0 unspecified atom stereocenters. The highest BCUT2D eigenvalue weighted by molar-refractivity contribution is 7.18. The van der Waals surface area contributed by atoms with Crippen molar-refractivity contribution in [3.05, 3.63) is 58.1 Å². The van der Waals surface area contributed by atoms with Crippen LogP contribution in [0.3, 0.4) is 0 Å². The van der Waals surface area contributed by atoms with Gasteiger partial charge in [0, 0.05) is 23.7 Å². The summed E-state index contributed by atoms with van der Waals surface area (Å²) in [6.45, 7) is 1.23. The molecule has 20 heavy (non-hydrogen) atoms. The van der Waals surface area contributed by atoms with Crippen molar-refractivity contribution in [2.24, 2.45) is 0 Å². The van der Waals surface area contributed by atoms with Crippen LogP contribution >= 0.6 is 22.9 Å². The van der Waals surface area contributed by atoms with Crippen molar-refractivity contribution in [1.29, 1.82) is 0 Å². The molecule has 0 saturated carbocycles. The predicted octanol–water partition coefficient (Wildman–Crippen LogP) is 3.95. The summed E-state index contributed by atoms with van der Waals surface area (Å²) in [6, 6.07) is 13.1. The molecule has 5 heteroatoms. The van der Waals surface area contributed by atoms with Gasteiger partial charge in [-0.05, 0) is 30.3 Å². The maximum Gasteiger partial charge on any atom is 0.120 e. The first-order valence-corrected chi connectivity index (χ1v) is 7.44. The van der Waals surface area contributed by atoms with Gasteiger partial charge in [-0.1, -0.05) is 23.7 Å². The second-order valence-electron chi connectivity index (χ2n) is 4.45. The Morgan fingerprint density at radius 2 is 2.00 bits per heavy atom. The smallest absolute Gasteiger partial charge is 0.120 e. The minimum Gasteiger partial charge on any atom is -0.508 e. The lowest BCUT2D eigenvalue weighted by molar-refractivity contribution is 0.464. The highest BCUT2D eigenvalue weighted by Gasteiger charge is 2.05. The second-order valence-corrected chi connectivity index (χ2v) is 6.00. The van der Waals surface area contributed by atoms with Gasteiger partial charge in [0.15, 0.2) is 0 Å². The average Bonchev–Trinajstić information content (AvgIpc) is 2.85. The molecule has 102 valence electrons. The Hall–Kier alpha value is -1.62. The molecule has 2 N–H and O–H groups in total. The number of phenols is 1. The summed E-state index contributed by atoms with van der Waals surface area (Å²) in [5.74, 6) is 0.256. The number of hydrogen-bond donors (Lipinski definition) is 2. The van der Waals surface area contributed by atoms with Gasteiger partial charge in [0.1, 0.15) is 10.8 Å². The van der Waals surface area contributed by atoms with E-state index in [0.29, 0.717) is 18.1 Å². The van der Waals surface area contributed by atoms with Crippen molar-refractivity contribution in [3.8, 4) is 5.75 Å². The number of fused-ring (bicyclic) bond motifs is 1. The molecule has 0 aliphatic carbocycles. The average molecular weight is 305 g/mol. The highest BCUT2D eigenvalue weighted by Crippen LogP contribution is 2.23. The van der Waals surface area contributed by atoms with Gasteiger partial charge >= 0.3 is 0 Å². The normalized spacial score (nSPS) is 11.1. The largest absolute Gasteiger partial charge is 0.508 e. The fourth-order valence-electron chi connectivity index (χ4n) is 2.00. The topological polar surface area (TPSA) is 45.1 Å². The number of rotatable bonds is 4. The number of phenolic OH excluding ortho intramolecular Hbond substituents is 1. The maximum atomic E-state index is 9.73. The molecule has 0 aliphatic rings. The van der Waals surface area contributed by atoms with Crippen LogP contribution < -0.4 is 5.32 Å². The number of hydrogen-bond acceptors (Lipinski definition) is 4. The third-order valence-electron chi connectivity index (χ3n) is 2.97. The lowest BCUT2D eigenvalue weighted by Gasteiger charge is -2.05. The molecule has 0 atom stereocenters. The fourth-order valence-corrected chi connectivity index (χ4v) is 3.13. The number of nitrogens with one attached hydrogen (secondary N) is 1. The van der Waals surface area contributed by atoms with E-state index in [9.17, 15) is 5.11 Å². The van der Waals surface area contributed by atoms with Gasteiger partial charge in [0.05, 0.1) is 10.2 Å². The third-order valence-corrected chi connectivity index (χ3v) is 4.24. The Morgan fingerprint density at radius 3 is 2.85 bits per heavy atom. The van der Waals surface area contributed by atoms with Gasteiger partial charge in [-0.2, -0.15) is 0 Å². The summed E-state index contributed by atoms with van der Waals surface area (Å²) in [7, 11) is 0. The zero-order valence-corrected chi connectivity index (χ0v) is 12.2. The van der Waals surface area contributed by atoms with Crippen LogP contribution in [0.15, 0.2) is 42.5 Å². The number of aromatic hydroxyl groups is 1. The van der Waals surface area contributed by atoms with Crippen LogP contribution in [0.5, 0.6) is 5.75 Å². The number of nitrogens with zero attached hydrogens (tertiary/aromatic N) is 1. The Labute approximate surface area is 125 Å². The lowest BCUT2D eigenvalue weighted by atomic mass is 10.2. The van der Waals surface area contributed by atoms with Gasteiger partial charge < -0.3 is 10.4 Å². The van der Waals surface area contributed by atoms with Crippen molar-refractivity contribution in [1.82, 2.24) is 10.3 Å². The number of halogens is 1. The molecule has 3 nitrogen and oxygen atoms in total. The second kappa shape index (κ2) is 5.79. The van der Waals surface area contributed by atoms with Gasteiger partial charge in [0.25, 0.3) is 0 Å². The molecular weight excluding hydrogens is 292 g/mol. The van der Waals surface area contributed by atoms with Crippen LogP contribution in [-0.2, 0) is 13.1 Å². The molecule has 1 aromatic heterocycles. The SMILES string of the molecule is Oc1ccc(Cl)cc1CNCc1nc2ccccc2s1. The molecule has 2 aromatic carbocycles. The summed E-state index contributed by atoms with van der Waals surface area (Å²) in [6.07, 6.45) is 0. The van der Waals surface area contributed by atoms with Gasteiger partial charge in [-0.25, -0.2) is 4.98 Å². The molecule has 0 amide bonds. The summed E-state index contributed by atoms with van der Waals surface area (Å²) < 4.78 is 1.19. The Bertz CT molecular complexity index is 709. The zero-order valence-electron chi connectivity index (χ0n) is 10.6. The van der Waals surface area contributed by atoms with E-state index in [1.54, 1.807) is 29.5 Å². The molecule has 3 aromatic rings. The molecule has 0 spiro atoms. The first-order valence-electron chi connectivity index (χ1n) is 6.25. The number of aromatic nitrogens is 1. The van der Waals surface area contributed by atoms with Crippen LogP contribution in [-0.4, -0.2) is 10.1 Å². The van der Waals surface area contributed by atoms with Crippen LogP contribution in [0.1, 0.15) is 10.6 Å². The van der Waals surface area contributed by atoms with Crippen molar-refractivity contribution in [3.63, 3.8) is 0 Å². The summed E-state index contributed by atoms with van der Waals surface area (Å²) >= 11 is 7.59. The first-order chi connectivity index (χ1) is 9.72. The minimum absolute atomic E-state index is 0.256. The standard InChI is InChI=1S/C15H13ClN2OS/c16-11-5-6-13(19)10(7-11)8-17-9-15-18-12-3-1-2-4-14(12)20-15/h1-7,17,19H,8-9H2. The number of para-hydroxylation sites is 1. The maximum absolute atomic E-state index is 9.73. The van der Waals surface area contributed by atoms with E-state index in [1.807, 2.05) is 18.2 Å². The molecule has 0 fully saturated rings. The van der Waals surface area contributed by atoms with Crippen molar-refractivity contribution in [2.45, 2.75) is 13.1 Å². The molecule has 0 saturated heterocycles. The molecule has 0 bridgehead atoms. The van der Waals surface area contributed by atoms with Crippen LogP contribution in [0.2, 0.25) is 5.02 Å². The van der Waals surface area contributed by atoms with Crippen LogP contribution in [0.25, 0.3) is 10.2 Å². The Kier molecular flexibility index (Phi) is 3.87. The summed E-state index contributed by atoms with van der Waals surface area (Å²) in [4.78, 5) is 4.55. The quantitative estimate of drug-likeness (QED) is 0.767. The lowest BCUT2D eigenvalue weighted by Crippen LogP contribution is -2.12. The highest BCUT2D eigenvalue weighted by atomic mass is 35.5. The minimum atomic E-state index is 0.256. The van der Waals surface area contributed by atoms with Gasteiger partial charge in [-0.3, -0.25) is 0 Å². The van der Waals surface area contributed by atoms with E-state index in [-0.39, 0.29) is 5.75 Å². The molecule has 0 aliphatic heterocycles. The molecular formula is C15H13ClN2OS. The zero-order chi connectivity index (χ0) is 13.9.